The van der Waals surface area contributed by atoms with E-state index in [2.05, 4.69) is 15.9 Å². The van der Waals surface area contributed by atoms with Crippen molar-refractivity contribution >= 4 is 0 Å². The second kappa shape index (κ2) is 21.6. The zero-order valence-electron chi connectivity index (χ0n) is 28.4. The Bertz CT molecular complexity index is 877. The summed E-state index contributed by atoms with van der Waals surface area (Å²) in [7, 11) is 0. The standard InChI is InChI=1S/C32H64N6O9/c1-22-12-7-5-3-2-4-6-8-13-23-28(40)30(42)27(25(21-39)46-23)32-31(43)29(41)26(22)24(47-32)20-37(38(45)36-44)19-11-18-35-17-10-16-34-15-9-14-33/h22-32,34-35,39-43,45H,2-21,33H2,1H3/p+1/t22-,23+,24+,25+,26?,27?,28-,29-,30-,31+,32+/m0/s1. The molecule has 0 aromatic rings. The Morgan fingerprint density at radius 2 is 1.36 bits per heavy atom. The van der Waals surface area contributed by atoms with Gasteiger partial charge in [-0.05, 0) is 64.3 Å². The van der Waals surface area contributed by atoms with E-state index in [1.807, 2.05) is 6.92 Å². The molecule has 15 nitrogen and oxygen atoms in total. The molecule has 0 amide bonds. The van der Waals surface area contributed by atoms with Gasteiger partial charge in [-0.1, -0.05) is 58.3 Å². The lowest BCUT2D eigenvalue weighted by Crippen LogP contribution is -2.67. The van der Waals surface area contributed by atoms with Gasteiger partial charge in [0.1, 0.15) is 18.8 Å². The average molecular weight is 678 g/mol. The number of fused-ring (bicyclic) bond motifs is 2. The summed E-state index contributed by atoms with van der Waals surface area (Å²) >= 11 is 0. The zero-order valence-corrected chi connectivity index (χ0v) is 28.4. The molecule has 11 N–H and O–H groups in total. The van der Waals surface area contributed by atoms with E-state index in [0.717, 1.165) is 83.8 Å². The summed E-state index contributed by atoms with van der Waals surface area (Å²) in [5.41, 5.74) is 5.52. The molecule has 276 valence electrons. The van der Waals surface area contributed by atoms with Crippen LogP contribution in [0, 0.1) is 17.8 Å². The Hall–Kier alpha value is -1.40. The third-order valence-electron chi connectivity index (χ3n) is 10.4. The van der Waals surface area contributed by atoms with Crippen LogP contribution >= 0.6 is 0 Å². The van der Waals surface area contributed by atoms with Crippen LogP contribution in [0.1, 0.15) is 84.0 Å². The van der Waals surface area contributed by atoms with Crippen LogP contribution in [0.2, 0.25) is 0 Å². The van der Waals surface area contributed by atoms with Crippen LogP contribution in [0.25, 0.3) is 0 Å². The first kappa shape index (κ1) is 40.0. The first-order valence-electron chi connectivity index (χ1n) is 18.1. The topological polar surface area (TPSA) is 229 Å². The first-order valence-corrected chi connectivity index (χ1v) is 18.1. The fourth-order valence-corrected chi connectivity index (χ4v) is 7.68. The number of rotatable bonds is 15. The number of ether oxygens (including phenoxy) is 2. The number of hydrogen-bond acceptors (Lipinski definition) is 11. The van der Waals surface area contributed by atoms with Crippen molar-refractivity contribution in [2.24, 2.45) is 28.8 Å². The van der Waals surface area contributed by atoms with Crippen molar-refractivity contribution < 1.29 is 50.4 Å². The lowest BCUT2D eigenvalue weighted by Gasteiger charge is -2.52. The van der Waals surface area contributed by atoms with Crippen LogP contribution in [0.15, 0.2) is 5.28 Å². The van der Waals surface area contributed by atoms with Crippen LogP contribution < -0.4 is 16.4 Å². The monoisotopic (exact) mass is 677 g/mol. The van der Waals surface area contributed by atoms with E-state index in [9.17, 15) is 35.9 Å². The van der Waals surface area contributed by atoms with Gasteiger partial charge in [0, 0.05) is 11.8 Å². The summed E-state index contributed by atoms with van der Waals surface area (Å²) in [6, 6.07) is 0. The van der Waals surface area contributed by atoms with Crippen molar-refractivity contribution in [1.29, 1.82) is 0 Å². The van der Waals surface area contributed by atoms with E-state index in [1.165, 1.54) is 5.01 Å². The molecule has 2 unspecified atom stereocenters. The molecular weight excluding hydrogens is 612 g/mol. The second-order valence-corrected chi connectivity index (χ2v) is 13.8. The molecule has 0 aliphatic carbocycles. The van der Waals surface area contributed by atoms with Crippen molar-refractivity contribution in [3.8, 4) is 0 Å². The first-order chi connectivity index (χ1) is 22.7. The number of nitrogens with zero attached hydrogens (tertiary/aromatic N) is 3. The molecule has 5 heterocycles. The van der Waals surface area contributed by atoms with E-state index < -0.39 is 67.3 Å². The van der Waals surface area contributed by atoms with Gasteiger partial charge in [0.05, 0.1) is 49.8 Å². The second-order valence-electron chi connectivity index (χ2n) is 13.8. The Morgan fingerprint density at radius 3 is 2.00 bits per heavy atom. The maximum absolute atomic E-state index is 11.6. The minimum atomic E-state index is -1.42. The highest BCUT2D eigenvalue weighted by molar-refractivity contribution is 5.03. The smallest absolute Gasteiger partial charge is 0.271 e. The average Bonchev–Trinajstić information content (AvgIpc) is 3.06. The van der Waals surface area contributed by atoms with E-state index >= 15 is 0 Å². The van der Waals surface area contributed by atoms with Gasteiger partial charge >= 0.3 is 0 Å². The van der Waals surface area contributed by atoms with Gasteiger partial charge < -0.3 is 56.6 Å². The predicted molar refractivity (Wildman–Crippen MR) is 173 cm³/mol. The number of hydrogen-bond donors (Lipinski definition) is 10. The lowest BCUT2D eigenvalue weighted by atomic mass is 9.72. The molecular formula is C32H65N6O9+. The Labute approximate surface area is 280 Å². The van der Waals surface area contributed by atoms with Crippen LogP contribution in [-0.2, 0) is 9.47 Å². The highest BCUT2D eigenvalue weighted by Crippen LogP contribution is 2.41. The summed E-state index contributed by atoms with van der Waals surface area (Å²) in [6.45, 7) is 5.77. The zero-order chi connectivity index (χ0) is 34.2. The fraction of sp³-hybridized carbons (Fsp3) is 1.00. The molecule has 5 fully saturated rings. The summed E-state index contributed by atoms with van der Waals surface area (Å²) in [4.78, 5) is 0.362. The van der Waals surface area contributed by atoms with E-state index in [0.29, 0.717) is 37.4 Å². The van der Waals surface area contributed by atoms with Crippen molar-refractivity contribution in [3.63, 3.8) is 0 Å². The van der Waals surface area contributed by atoms with Crippen LogP contribution in [0.5, 0.6) is 0 Å². The van der Waals surface area contributed by atoms with Gasteiger partial charge in [0.25, 0.3) is 10.2 Å². The van der Waals surface area contributed by atoms with Gasteiger partial charge in [-0.15, -0.1) is 5.01 Å². The molecule has 5 saturated heterocycles. The molecule has 5 aliphatic rings. The SMILES string of the molecule is C[C@H]1CCCCCCCCC[C@H]2O[C@H](CO)C([C@H]3O[C@H](CN(CCCNCCCNCCCN)/[N+](O)=N/O)C1[C@H](O)[C@H]3O)[C@H](O)[C@H]2O. The highest BCUT2D eigenvalue weighted by Gasteiger charge is 2.56. The summed E-state index contributed by atoms with van der Waals surface area (Å²) < 4.78 is 12.7. The molecule has 0 spiro atoms. The Balaban J connectivity index is 1.77. The number of nitrogens with two attached hydrogens (primary N) is 1. The predicted octanol–water partition coefficient (Wildman–Crippen LogP) is 0.118. The van der Waals surface area contributed by atoms with Crippen molar-refractivity contribution in [1.82, 2.24) is 15.6 Å². The van der Waals surface area contributed by atoms with Gasteiger partial charge in [-0.25, -0.2) is 5.21 Å². The maximum atomic E-state index is 11.6. The number of hydrazine groups is 1. The van der Waals surface area contributed by atoms with E-state index in [4.69, 9.17) is 15.2 Å². The molecule has 4 bridgehead atoms. The third-order valence-corrected chi connectivity index (χ3v) is 10.4. The molecule has 5 aliphatic heterocycles. The van der Waals surface area contributed by atoms with Crippen LogP contribution in [0.3, 0.4) is 0 Å². The van der Waals surface area contributed by atoms with Gasteiger partial charge in [-0.2, -0.15) is 0 Å². The summed E-state index contributed by atoms with van der Waals surface area (Å²) in [5.74, 6) is -1.64. The third kappa shape index (κ3) is 11.9. The molecule has 0 aromatic heterocycles. The van der Waals surface area contributed by atoms with Gasteiger partial charge in [-0.3, -0.25) is 0 Å². The molecule has 47 heavy (non-hydrogen) atoms. The Kier molecular flexibility index (Phi) is 18.4. The van der Waals surface area contributed by atoms with Crippen LogP contribution in [0.4, 0.5) is 0 Å². The minimum Gasteiger partial charge on any atom is -0.394 e. The van der Waals surface area contributed by atoms with Gasteiger partial charge in [0.15, 0.2) is 0 Å². The normalized spacial score (nSPS) is 36.2. The number of aliphatic hydroxyl groups excluding tert-OH is 5. The van der Waals surface area contributed by atoms with Crippen LogP contribution in [-0.4, -0.2) is 147 Å². The molecule has 0 aromatic carbocycles. The minimum absolute atomic E-state index is 0.0134. The largest absolute Gasteiger partial charge is 0.394 e. The quantitative estimate of drug-likeness (QED) is 0.0481. The number of aliphatic hydroxyl groups is 5. The molecule has 0 saturated carbocycles. The fourth-order valence-electron chi connectivity index (χ4n) is 7.68. The summed E-state index contributed by atoms with van der Waals surface area (Å²) in [6.07, 6.45) is 2.06. The number of nitrogens with one attached hydrogen (secondary N) is 2. The molecule has 15 heteroatoms. The van der Waals surface area contributed by atoms with Crippen molar-refractivity contribution in [2.45, 2.75) is 133 Å². The summed E-state index contributed by atoms with van der Waals surface area (Å²) in [5, 5.41) is 86.9. The highest BCUT2D eigenvalue weighted by atomic mass is 16.6. The van der Waals surface area contributed by atoms with E-state index in [-0.39, 0.29) is 12.5 Å². The molecule has 0 radical (unpaired) electrons. The molecule has 11 atom stereocenters. The lowest BCUT2D eigenvalue weighted by molar-refractivity contribution is -0.941. The maximum Gasteiger partial charge on any atom is 0.271 e. The molecule has 5 rings (SSSR count). The van der Waals surface area contributed by atoms with E-state index in [1.54, 1.807) is 0 Å². The Morgan fingerprint density at radius 1 is 0.766 bits per heavy atom. The van der Waals surface area contributed by atoms with Crippen molar-refractivity contribution in [3.05, 3.63) is 0 Å². The van der Waals surface area contributed by atoms with Gasteiger partial charge in [0.2, 0.25) is 0 Å². The van der Waals surface area contributed by atoms with Crippen molar-refractivity contribution in [2.75, 3.05) is 52.4 Å².